The van der Waals surface area contributed by atoms with E-state index in [1.807, 2.05) is 55.6 Å². The van der Waals surface area contributed by atoms with Crippen molar-refractivity contribution < 1.29 is 4.79 Å². The van der Waals surface area contributed by atoms with Crippen LogP contribution in [0.4, 0.5) is 0 Å². The van der Waals surface area contributed by atoms with E-state index < -0.39 is 0 Å². The molecule has 0 radical (unpaired) electrons. The van der Waals surface area contributed by atoms with Crippen LogP contribution in [-0.2, 0) is 6.54 Å². The van der Waals surface area contributed by atoms with E-state index in [0.29, 0.717) is 12.1 Å². The molecule has 0 heterocycles. The second-order valence-electron chi connectivity index (χ2n) is 4.30. The van der Waals surface area contributed by atoms with Gasteiger partial charge in [-0.1, -0.05) is 50.1 Å². The highest BCUT2D eigenvalue weighted by atomic mass is 79.9. The largest absolute Gasteiger partial charge is 0.337 e. The summed E-state index contributed by atoms with van der Waals surface area (Å²) in [6.45, 7) is 0.588. The van der Waals surface area contributed by atoms with Gasteiger partial charge in [-0.3, -0.25) is 4.79 Å². The van der Waals surface area contributed by atoms with E-state index in [9.17, 15) is 4.79 Å². The third kappa shape index (κ3) is 3.91. The molecule has 0 unspecified atom stereocenters. The fourth-order valence-electron chi connectivity index (χ4n) is 1.82. The first-order chi connectivity index (χ1) is 9.06. The topological polar surface area (TPSA) is 20.3 Å². The van der Waals surface area contributed by atoms with Crippen molar-refractivity contribution in [3.8, 4) is 0 Å². The van der Waals surface area contributed by atoms with Crippen molar-refractivity contribution in [2.45, 2.75) is 6.54 Å². The molecule has 1 amide bonds. The summed E-state index contributed by atoms with van der Waals surface area (Å²) in [6.07, 6.45) is 0. The Morgan fingerprint density at radius 3 is 2.32 bits per heavy atom. The second kappa shape index (κ2) is 6.35. The van der Waals surface area contributed by atoms with Crippen LogP contribution in [0, 0.1) is 0 Å². The number of benzene rings is 2. The Hall–Kier alpha value is -1.13. The van der Waals surface area contributed by atoms with Crippen LogP contribution in [0.5, 0.6) is 0 Å². The Morgan fingerprint density at radius 2 is 1.68 bits per heavy atom. The van der Waals surface area contributed by atoms with Crippen LogP contribution >= 0.6 is 31.9 Å². The summed E-state index contributed by atoms with van der Waals surface area (Å²) >= 11 is 6.81. The van der Waals surface area contributed by atoms with Gasteiger partial charge >= 0.3 is 0 Å². The van der Waals surface area contributed by atoms with Crippen LogP contribution in [-0.4, -0.2) is 17.9 Å². The zero-order valence-electron chi connectivity index (χ0n) is 10.4. The van der Waals surface area contributed by atoms with E-state index in [1.165, 1.54) is 0 Å². The molecule has 0 saturated heterocycles. The maximum atomic E-state index is 12.3. The van der Waals surface area contributed by atoms with Gasteiger partial charge in [0, 0.05) is 28.1 Å². The monoisotopic (exact) mass is 381 g/mol. The Morgan fingerprint density at radius 1 is 1.05 bits per heavy atom. The molecule has 0 aliphatic carbocycles. The van der Waals surface area contributed by atoms with Crippen LogP contribution in [0.2, 0.25) is 0 Å². The van der Waals surface area contributed by atoms with Gasteiger partial charge in [0.2, 0.25) is 0 Å². The van der Waals surface area contributed by atoms with E-state index in [2.05, 4.69) is 31.9 Å². The Balaban J connectivity index is 2.12. The molecule has 0 aliphatic rings. The molecule has 98 valence electrons. The molecule has 0 aliphatic heterocycles. The maximum absolute atomic E-state index is 12.3. The average Bonchev–Trinajstić information content (AvgIpc) is 2.38. The highest BCUT2D eigenvalue weighted by Crippen LogP contribution is 2.16. The molecule has 0 atom stereocenters. The van der Waals surface area contributed by atoms with Crippen molar-refractivity contribution >= 4 is 37.8 Å². The number of rotatable bonds is 3. The molecule has 2 aromatic rings. The summed E-state index contributed by atoms with van der Waals surface area (Å²) < 4.78 is 1.93. The van der Waals surface area contributed by atoms with E-state index >= 15 is 0 Å². The molecule has 19 heavy (non-hydrogen) atoms. The minimum atomic E-state index is 0.0151. The molecule has 2 nitrogen and oxygen atoms in total. The lowest BCUT2D eigenvalue weighted by Crippen LogP contribution is -2.26. The Kier molecular flexibility index (Phi) is 4.77. The third-order valence-electron chi connectivity index (χ3n) is 2.73. The zero-order valence-corrected chi connectivity index (χ0v) is 13.6. The lowest BCUT2D eigenvalue weighted by atomic mass is 10.1. The molecule has 0 fully saturated rings. The molecule has 2 aromatic carbocycles. The van der Waals surface area contributed by atoms with Crippen LogP contribution in [0.1, 0.15) is 15.9 Å². The number of carbonyl (C=O) groups excluding carboxylic acids is 1. The molecule has 0 saturated carbocycles. The fraction of sp³-hybridized carbons (Fsp3) is 0.133. The highest BCUT2D eigenvalue weighted by Gasteiger charge is 2.12. The summed E-state index contributed by atoms with van der Waals surface area (Å²) in [6, 6.07) is 15.4. The number of halogens is 2. The smallest absolute Gasteiger partial charge is 0.253 e. The molecule has 2 rings (SSSR count). The summed E-state index contributed by atoms with van der Waals surface area (Å²) in [5.74, 6) is 0.0151. The van der Waals surface area contributed by atoms with Gasteiger partial charge in [0.15, 0.2) is 0 Å². The van der Waals surface area contributed by atoms with E-state index in [4.69, 9.17) is 0 Å². The number of carbonyl (C=O) groups is 1. The van der Waals surface area contributed by atoms with Gasteiger partial charge in [-0.25, -0.2) is 0 Å². The first kappa shape index (κ1) is 14.3. The average molecular weight is 383 g/mol. The summed E-state index contributed by atoms with van der Waals surface area (Å²) in [4.78, 5) is 14.0. The molecule has 4 heteroatoms. The SMILES string of the molecule is CN(Cc1cccc(Br)c1)C(=O)c1cccc(Br)c1. The van der Waals surface area contributed by atoms with Crippen LogP contribution in [0.3, 0.4) is 0 Å². The van der Waals surface area contributed by atoms with Crippen molar-refractivity contribution in [2.24, 2.45) is 0 Å². The molecular weight excluding hydrogens is 370 g/mol. The fourth-order valence-corrected chi connectivity index (χ4v) is 2.67. The molecule has 0 N–H and O–H groups in total. The normalized spacial score (nSPS) is 10.3. The number of hydrogen-bond acceptors (Lipinski definition) is 1. The first-order valence-electron chi connectivity index (χ1n) is 5.82. The number of nitrogens with zero attached hydrogens (tertiary/aromatic N) is 1. The number of amides is 1. The summed E-state index contributed by atoms with van der Waals surface area (Å²) in [7, 11) is 1.81. The van der Waals surface area contributed by atoms with Crippen LogP contribution in [0.25, 0.3) is 0 Å². The van der Waals surface area contributed by atoms with Crippen molar-refractivity contribution in [1.29, 1.82) is 0 Å². The molecule has 0 spiro atoms. The highest BCUT2D eigenvalue weighted by molar-refractivity contribution is 9.10. The standard InChI is InChI=1S/C15H13Br2NO/c1-18(10-11-4-2-6-13(16)8-11)15(19)12-5-3-7-14(17)9-12/h2-9H,10H2,1H3. The van der Waals surface area contributed by atoms with E-state index in [-0.39, 0.29) is 5.91 Å². The minimum absolute atomic E-state index is 0.0151. The van der Waals surface area contributed by atoms with Gasteiger partial charge in [-0.05, 0) is 35.9 Å². The number of hydrogen-bond donors (Lipinski definition) is 0. The lowest BCUT2D eigenvalue weighted by molar-refractivity contribution is 0.0785. The maximum Gasteiger partial charge on any atom is 0.253 e. The molecular formula is C15H13Br2NO. The predicted molar refractivity (Wildman–Crippen MR) is 84.1 cm³/mol. The second-order valence-corrected chi connectivity index (χ2v) is 6.13. The van der Waals surface area contributed by atoms with Gasteiger partial charge < -0.3 is 4.90 Å². The third-order valence-corrected chi connectivity index (χ3v) is 3.71. The predicted octanol–water partition coefficient (Wildman–Crippen LogP) is 4.48. The minimum Gasteiger partial charge on any atom is -0.337 e. The van der Waals surface area contributed by atoms with Crippen molar-refractivity contribution in [3.05, 3.63) is 68.6 Å². The van der Waals surface area contributed by atoms with Crippen LogP contribution in [0.15, 0.2) is 57.5 Å². The zero-order chi connectivity index (χ0) is 13.8. The van der Waals surface area contributed by atoms with Crippen molar-refractivity contribution in [2.75, 3.05) is 7.05 Å². The Labute approximate surface area is 129 Å². The lowest BCUT2D eigenvalue weighted by Gasteiger charge is -2.17. The van der Waals surface area contributed by atoms with Crippen molar-refractivity contribution in [1.82, 2.24) is 4.90 Å². The summed E-state index contributed by atoms with van der Waals surface area (Å²) in [5, 5.41) is 0. The van der Waals surface area contributed by atoms with E-state index in [1.54, 1.807) is 4.90 Å². The van der Waals surface area contributed by atoms with Crippen molar-refractivity contribution in [3.63, 3.8) is 0 Å². The quantitative estimate of drug-likeness (QED) is 0.766. The van der Waals surface area contributed by atoms with Gasteiger partial charge in [0.25, 0.3) is 5.91 Å². The van der Waals surface area contributed by atoms with Gasteiger partial charge in [-0.2, -0.15) is 0 Å². The summed E-state index contributed by atoms with van der Waals surface area (Å²) in [5.41, 5.74) is 1.78. The molecule has 0 bridgehead atoms. The van der Waals surface area contributed by atoms with Gasteiger partial charge in [0.1, 0.15) is 0 Å². The van der Waals surface area contributed by atoms with Gasteiger partial charge in [0.05, 0.1) is 0 Å². The van der Waals surface area contributed by atoms with Gasteiger partial charge in [-0.15, -0.1) is 0 Å². The first-order valence-corrected chi connectivity index (χ1v) is 7.40. The van der Waals surface area contributed by atoms with E-state index in [0.717, 1.165) is 14.5 Å². The molecule has 0 aromatic heterocycles. The Bertz CT molecular complexity index is 598. The van der Waals surface area contributed by atoms with Crippen LogP contribution < -0.4 is 0 Å².